The molecule has 1 aliphatic heterocycles. The number of hydrogen-bond acceptors (Lipinski definition) is 2. The minimum atomic E-state index is -4.41. The summed E-state index contributed by atoms with van der Waals surface area (Å²) in [5, 5.41) is 11.3. The molecule has 0 aromatic heterocycles. The number of benzene rings is 3. The molecule has 0 spiro atoms. The third kappa shape index (κ3) is 3.17. The maximum atomic E-state index is 13.2. The molecule has 170 valence electrons. The number of likely N-dealkylation sites (tertiary alicyclic amines) is 1. The van der Waals surface area contributed by atoms with Gasteiger partial charge in [-0.15, -0.1) is 0 Å². The van der Waals surface area contributed by atoms with Crippen molar-refractivity contribution in [2.75, 3.05) is 19.6 Å². The Kier molecular flexibility index (Phi) is 4.56. The van der Waals surface area contributed by atoms with Crippen molar-refractivity contribution in [2.24, 2.45) is 0 Å². The van der Waals surface area contributed by atoms with E-state index in [-0.39, 0.29) is 5.41 Å². The Morgan fingerprint density at radius 3 is 2.06 bits per heavy atom. The molecular formula is C28H26F3NO. The van der Waals surface area contributed by atoms with Crippen LogP contribution < -0.4 is 0 Å². The molecule has 1 N–H and O–H groups in total. The van der Waals surface area contributed by atoms with Gasteiger partial charge in [-0.25, -0.2) is 0 Å². The van der Waals surface area contributed by atoms with Gasteiger partial charge in [0.05, 0.1) is 11.2 Å². The van der Waals surface area contributed by atoms with Crippen LogP contribution in [0, 0.1) is 0 Å². The number of hydrogen-bond donors (Lipinski definition) is 1. The summed E-state index contributed by atoms with van der Waals surface area (Å²) >= 11 is 0. The van der Waals surface area contributed by atoms with Crippen LogP contribution in [-0.2, 0) is 17.2 Å². The van der Waals surface area contributed by atoms with Gasteiger partial charge in [-0.05, 0) is 59.2 Å². The Hall–Kier alpha value is -2.63. The number of fused-ring (bicyclic) bond motifs is 8. The van der Waals surface area contributed by atoms with Crippen molar-refractivity contribution in [3.8, 4) is 0 Å². The third-order valence-corrected chi connectivity index (χ3v) is 8.16. The molecule has 2 nitrogen and oxygen atoms in total. The van der Waals surface area contributed by atoms with E-state index in [1.165, 1.54) is 28.3 Å². The summed E-state index contributed by atoms with van der Waals surface area (Å²) in [4.78, 5) is 2.39. The second-order valence-corrected chi connectivity index (χ2v) is 9.90. The van der Waals surface area contributed by atoms with Gasteiger partial charge in [-0.1, -0.05) is 60.7 Å². The van der Waals surface area contributed by atoms with E-state index < -0.39 is 17.3 Å². The predicted octanol–water partition coefficient (Wildman–Crippen LogP) is 5.82. The Balaban J connectivity index is 1.26. The van der Waals surface area contributed by atoms with Crippen molar-refractivity contribution >= 4 is 0 Å². The SMILES string of the molecule is OC1(c2cccc(C(F)(F)F)c2)CCN(CC23CC(c4ccccc42)c2ccccc23)CC1. The van der Waals surface area contributed by atoms with E-state index in [1.54, 1.807) is 6.07 Å². The summed E-state index contributed by atoms with van der Waals surface area (Å²) in [7, 11) is 0. The lowest BCUT2D eigenvalue weighted by atomic mass is 9.74. The van der Waals surface area contributed by atoms with Crippen molar-refractivity contribution < 1.29 is 18.3 Å². The van der Waals surface area contributed by atoms with Gasteiger partial charge in [0.1, 0.15) is 0 Å². The largest absolute Gasteiger partial charge is 0.416 e. The lowest BCUT2D eigenvalue weighted by Gasteiger charge is -2.43. The van der Waals surface area contributed by atoms with E-state index in [0.29, 0.717) is 37.4 Å². The van der Waals surface area contributed by atoms with Gasteiger partial charge in [0.25, 0.3) is 0 Å². The van der Waals surface area contributed by atoms with E-state index in [1.807, 2.05) is 0 Å². The minimum Gasteiger partial charge on any atom is -0.385 e. The molecule has 5 heteroatoms. The maximum absolute atomic E-state index is 13.2. The Morgan fingerprint density at radius 1 is 0.848 bits per heavy atom. The van der Waals surface area contributed by atoms with E-state index in [4.69, 9.17) is 0 Å². The Labute approximate surface area is 191 Å². The molecular weight excluding hydrogens is 423 g/mol. The summed E-state index contributed by atoms with van der Waals surface area (Å²) < 4.78 is 39.6. The second kappa shape index (κ2) is 7.18. The second-order valence-electron chi connectivity index (χ2n) is 9.90. The zero-order chi connectivity index (χ0) is 22.8. The highest BCUT2D eigenvalue weighted by Gasteiger charge is 2.53. The fraction of sp³-hybridized carbons (Fsp3) is 0.357. The van der Waals surface area contributed by atoms with E-state index in [2.05, 4.69) is 53.4 Å². The molecule has 1 fully saturated rings. The van der Waals surface area contributed by atoms with Crippen molar-refractivity contribution in [3.05, 3.63) is 106 Å². The normalized spacial score (nSPS) is 25.6. The first kappa shape index (κ1) is 20.9. The number of aliphatic hydroxyl groups is 1. The van der Waals surface area contributed by atoms with Crippen LogP contribution in [0.1, 0.15) is 58.6 Å². The van der Waals surface area contributed by atoms with Gasteiger partial charge in [-0.3, -0.25) is 0 Å². The molecule has 33 heavy (non-hydrogen) atoms. The summed E-state index contributed by atoms with van der Waals surface area (Å²) in [6.45, 7) is 2.18. The number of halogens is 3. The monoisotopic (exact) mass is 449 g/mol. The quantitative estimate of drug-likeness (QED) is 0.544. The number of alkyl halides is 3. The first-order valence-electron chi connectivity index (χ1n) is 11.6. The van der Waals surface area contributed by atoms with Crippen LogP contribution >= 0.6 is 0 Å². The summed E-state index contributed by atoms with van der Waals surface area (Å²) in [6, 6.07) is 22.7. The predicted molar refractivity (Wildman–Crippen MR) is 121 cm³/mol. The number of piperidine rings is 1. The zero-order valence-electron chi connectivity index (χ0n) is 18.3. The highest BCUT2D eigenvalue weighted by Crippen LogP contribution is 2.60. The maximum Gasteiger partial charge on any atom is 0.416 e. The van der Waals surface area contributed by atoms with Crippen LogP contribution in [0.4, 0.5) is 13.2 Å². The highest BCUT2D eigenvalue weighted by atomic mass is 19.4. The standard InChI is InChI=1S/C28H26F3NO/c29-28(30,31)20-7-5-6-19(16-20)27(33)12-14-32(15-13-27)18-26-17-23(21-8-1-3-10-24(21)26)22-9-2-4-11-25(22)26/h1-11,16,23,33H,12-15,17-18H2. The average Bonchev–Trinajstić information content (AvgIpc) is 3.33. The molecule has 1 saturated heterocycles. The van der Waals surface area contributed by atoms with Crippen LogP contribution in [-0.4, -0.2) is 29.6 Å². The molecule has 6 rings (SSSR count). The zero-order valence-corrected chi connectivity index (χ0v) is 18.3. The van der Waals surface area contributed by atoms with Crippen molar-refractivity contribution in [3.63, 3.8) is 0 Å². The van der Waals surface area contributed by atoms with Crippen LogP contribution in [0.25, 0.3) is 0 Å². The van der Waals surface area contributed by atoms with Gasteiger partial charge in [0, 0.05) is 31.0 Å². The molecule has 0 radical (unpaired) electrons. The first-order valence-corrected chi connectivity index (χ1v) is 11.6. The van der Waals surface area contributed by atoms with Gasteiger partial charge in [0.15, 0.2) is 0 Å². The first-order chi connectivity index (χ1) is 15.8. The lowest BCUT2D eigenvalue weighted by molar-refractivity contribution is -0.137. The van der Waals surface area contributed by atoms with Crippen LogP contribution in [0.15, 0.2) is 72.8 Å². The summed E-state index contributed by atoms with van der Waals surface area (Å²) in [5.74, 6) is 0.434. The van der Waals surface area contributed by atoms with Crippen molar-refractivity contribution in [1.82, 2.24) is 4.90 Å². The van der Waals surface area contributed by atoms with Gasteiger partial charge in [0.2, 0.25) is 0 Å². The molecule has 0 atom stereocenters. The Bertz CT molecular complexity index is 1160. The summed E-state index contributed by atoms with van der Waals surface area (Å²) in [6.07, 6.45) is -2.48. The Morgan fingerprint density at radius 2 is 1.45 bits per heavy atom. The molecule has 2 bridgehead atoms. The number of rotatable bonds is 3. The van der Waals surface area contributed by atoms with Crippen molar-refractivity contribution in [2.45, 2.75) is 42.4 Å². The smallest absolute Gasteiger partial charge is 0.385 e. The van der Waals surface area contributed by atoms with Gasteiger partial charge in [-0.2, -0.15) is 13.2 Å². The van der Waals surface area contributed by atoms with E-state index in [0.717, 1.165) is 25.1 Å². The van der Waals surface area contributed by atoms with Gasteiger partial charge < -0.3 is 10.0 Å². The number of nitrogens with zero attached hydrogens (tertiary/aromatic N) is 1. The van der Waals surface area contributed by atoms with E-state index in [9.17, 15) is 18.3 Å². The fourth-order valence-corrected chi connectivity index (χ4v) is 6.55. The molecule has 3 aromatic rings. The highest BCUT2D eigenvalue weighted by molar-refractivity contribution is 5.62. The molecule has 0 amide bonds. The third-order valence-electron chi connectivity index (χ3n) is 8.16. The van der Waals surface area contributed by atoms with Crippen LogP contribution in [0.5, 0.6) is 0 Å². The van der Waals surface area contributed by atoms with Crippen LogP contribution in [0.2, 0.25) is 0 Å². The fourth-order valence-electron chi connectivity index (χ4n) is 6.55. The molecule has 2 aliphatic carbocycles. The summed E-state index contributed by atoms with van der Waals surface area (Å²) in [5.41, 5.74) is 4.06. The van der Waals surface area contributed by atoms with Gasteiger partial charge >= 0.3 is 6.18 Å². The van der Waals surface area contributed by atoms with Crippen LogP contribution in [0.3, 0.4) is 0 Å². The molecule has 1 heterocycles. The average molecular weight is 450 g/mol. The molecule has 3 aliphatic rings. The molecule has 0 saturated carbocycles. The minimum absolute atomic E-state index is 0.0521. The van der Waals surface area contributed by atoms with Crippen molar-refractivity contribution in [1.29, 1.82) is 0 Å². The topological polar surface area (TPSA) is 23.5 Å². The lowest BCUT2D eigenvalue weighted by Crippen LogP contribution is -2.47. The molecule has 3 aromatic carbocycles. The molecule has 0 unspecified atom stereocenters. The van der Waals surface area contributed by atoms with E-state index >= 15 is 0 Å².